The van der Waals surface area contributed by atoms with Gasteiger partial charge in [-0.25, -0.2) is 0 Å². The minimum absolute atomic E-state index is 0.141. The fourth-order valence-corrected chi connectivity index (χ4v) is 2.88. The third kappa shape index (κ3) is 5.38. The van der Waals surface area contributed by atoms with Gasteiger partial charge in [0, 0.05) is 12.6 Å². The Balaban J connectivity index is 1.98. The van der Waals surface area contributed by atoms with E-state index < -0.39 is 0 Å². The first kappa shape index (κ1) is 20.1. The average molecular weight is 377 g/mol. The molecule has 0 heterocycles. The summed E-state index contributed by atoms with van der Waals surface area (Å²) in [7, 11) is 4.97. The van der Waals surface area contributed by atoms with Gasteiger partial charge in [-0.15, -0.1) is 0 Å². The first-order valence-electron chi connectivity index (χ1n) is 8.44. The van der Waals surface area contributed by atoms with Gasteiger partial charge in [0.25, 0.3) is 0 Å². The molecule has 5 nitrogen and oxygen atoms in total. The van der Waals surface area contributed by atoms with Gasteiger partial charge in [-0.2, -0.15) is 0 Å². The minimum Gasteiger partial charge on any atom is -0.495 e. The third-order valence-corrected chi connectivity index (χ3v) is 4.34. The van der Waals surface area contributed by atoms with Crippen LogP contribution in [0.1, 0.15) is 18.1 Å². The molecule has 1 N–H and O–H groups in total. The van der Waals surface area contributed by atoms with Crippen molar-refractivity contribution in [1.29, 1.82) is 0 Å². The van der Waals surface area contributed by atoms with Crippen molar-refractivity contribution in [2.45, 2.75) is 19.9 Å². The topological polar surface area (TPSA) is 50.8 Å². The Labute approximate surface area is 159 Å². The number of carbonyl (C=O) groups excluding carboxylic acids is 1. The molecule has 0 bridgehead atoms. The minimum atomic E-state index is -0.141. The van der Waals surface area contributed by atoms with Crippen molar-refractivity contribution < 1.29 is 14.3 Å². The molecule has 140 valence electrons. The monoisotopic (exact) mass is 376 g/mol. The lowest BCUT2D eigenvalue weighted by atomic mass is 10.1. The average Bonchev–Trinajstić information content (AvgIpc) is 2.62. The molecule has 0 aliphatic rings. The Hall–Kier alpha value is -2.24. The number of benzene rings is 2. The van der Waals surface area contributed by atoms with E-state index >= 15 is 0 Å². The molecule has 0 radical (unpaired) electrons. The van der Waals surface area contributed by atoms with E-state index in [0.29, 0.717) is 28.8 Å². The van der Waals surface area contributed by atoms with Gasteiger partial charge in [-0.05, 0) is 30.7 Å². The molecule has 2 rings (SSSR count). The van der Waals surface area contributed by atoms with Crippen LogP contribution in [0.4, 0.5) is 5.69 Å². The Morgan fingerprint density at radius 2 is 1.69 bits per heavy atom. The van der Waals surface area contributed by atoms with Gasteiger partial charge in [0.05, 0.1) is 31.5 Å². The molecule has 0 spiro atoms. The zero-order valence-corrected chi connectivity index (χ0v) is 16.4. The zero-order chi connectivity index (χ0) is 19.1. The highest BCUT2D eigenvalue weighted by Crippen LogP contribution is 2.35. The Morgan fingerprint density at radius 3 is 2.27 bits per heavy atom. The van der Waals surface area contributed by atoms with Crippen molar-refractivity contribution in [1.82, 2.24) is 4.90 Å². The standard InChI is InChI=1S/C20H25ClN2O3/c1-5-14-6-8-15(9-7-14)12-23(2)13-20(24)22-17-10-16(21)18(25-3)11-19(17)26-4/h6-11H,5,12-13H2,1-4H3,(H,22,24). The summed E-state index contributed by atoms with van der Waals surface area (Å²) in [5.74, 6) is 0.851. The first-order chi connectivity index (χ1) is 12.5. The number of hydrogen-bond donors (Lipinski definition) is 1. The number of rotatable bonds is 8. The van der Waals surface area contributed by atoms with Crippen molar-refractivity contribution in [2.75, 3.05) is 33.1 Å². The summed E-state index contributed by atoms with van der Waals surface area (Å²) in [6.45, 7) is 3.07. The first-order valence-corrected chi connectivity index (χ1v) is 8.82. The number of nitrogens with zero attached hydrogens (tertiary/aromatic N) is 1. The predicted molar refractivity (Wildman–Crippen MR) is 105 cm³/mol. The molecular formula is C20H25ClN2O3. The van der Waals surface area contributed by atoms with Gasteiger partial charge in [0.15, 0.2) is 0 Å². The molecule has 0 saturated carbocycles. The van der Waals surface area contributed by atoms with Crippen molar-refractivity contribution in [3.05, 3.63) is 52.5 Å². The van der Waals surface area contributed by atoms with E-state index in [9.17, 15) is 4.79 Å². The van der Waals surface area contributed by atoms with E-state index in [1.54, 1.807) is 12.1 Å². The van der Waals surface area contributed by atoms with Crippen LogP contribution in [0, 0.1) is 0 Å². The number of amides is 1. The fraction of sp³-hybridized carbons (Fsp3) is 0.350. The van der Waals surface area contributed by atoms with Crippen LogP contribution in [0.15, 0.2) is 36.4 Å². The van der Waals surface area contributed by atoms with E-state index in [-0.39, 0.29) is 12.5 Å². The van der Waals surface area contributed by atoms with E-state index in [1.807, 2.05) is 11.9 Å². The quantitative estimate of drug-likeness (QED) is 0.756. The lowest BCUT2D eigenvalue weighted by molar-refractivity contribution is -0.117. The maximum Gasteiger partial charge on any atom is 0.238 e. The van der Waals surface area contributed by atoms with Gasteiger partial charge in [0.2, 0.25) is 5.91 Å². The van der Waals surface area contributed by atoms with E-state index in [0.717, 1.165) is 6.42 Å². The number of anilines is 1. The Morgan fingerprint density at radius 1 is 1.08 bits per heavy atom. The molecule has 26 heavy (non-hydrogen) atoms. The lowest BCUT2D eigenvalue weighted by Gasteiger charge is -2.18. The molecular weight excluding hydrogens is 352 g/mol. The highest BCUT2D eigenvalue weighted by atomic mass is 35.5. The van der Waals surface area contributed by atoms with Gasteiger partial charge >= 0.3 is 0 Å². The van der Waals surface area contributed by atoms with Gasteiger partial charge < -0.3 is 14.8 Å². The van der Waals surface area contributed by atoms with Crippen molar-refractivity contribution in [3.63, 3.8) is 0 Å². The van der Waals surface area contributed by atoms with Gasteiger partial charge in [-0.1, -0.05) is 42.8 Å². The number of hydrogen-bond acceptors (Lipinski definition) is 4. The maximum absolute atomic E-state index is 12.4. The normalized spacial score (nSPS) is 10.7. The summed E-state index contributed by atoms with van der Waals surface area (Å²) in [6.07, 6.45) is 1.02. The second kappa shape index (κ2) is 9.46. The summed E-state index contributed by atoms with van der Waals surface area (Å²) in [5, 5.41) is 3.25. The summed E-state index contributed by atoms with van der Waals surface area (Å²) < 4.78 is 10.5. The predicted octanol–water partition coefficient (Wildman–Crippen LogP) is 3.99. The highest BCUT2D eigenvalue weighted by Gasteiger charge is 2.14. The molecule has 0 atom stereocenters. The molecule has 1 amide bonds. The van der Waals surface area contributed by atoms with Gasteiger partial charge in [0.1, 0.15) is 11.5 Å². The van der Waals surface area contributed by atoms with Crippen molar-refractivity contribution in [2.24, 2.45) is 0 Å². The molecule has 6 heteroatoms. The van der Waals surface area contributed by atoms with Crippen LogP contribution in [-0.4, -0.2) is 38.6 Å². The number of methoxy groups -OCH3 is 2. The number of carbonyl (C=O) groups is 1. The fourth-order valence-electron chi connectivity index (χ4n) is 2.64. The second-order valence-corrected chi connectivity index (χ2v) is 6.48. The van der Waals surface area contributed by atoms with Crippen LogP contribution in [0.3, 0.4) is 0 Å². The molecule has 2 aromatic rings. The zero-order valence-electron chi connectivity index (χ0n) is 15.6. The van der Waals surface area contributed by atoms with Crippen LogP contribution >= 0.6 is 11.6 Å². The number of aryl methyl sites for hydroxylation is 1. The number of likely N-dealkylation sites (N-methyl/N-ethyl adjacent to an activating group) is 1. The highest BCUT2D eigenvalue weighted by molar-refractivity contribution is 6.32. The van der Waals surface area contributed by atoms with Crippen molar-refractivity contribution >= 4 is 23.2 Å². The molecule has 0 saturated heterocycles. The summed E-state index contributed by atoms with van der Waals surface area (Å²) in [5.41, 5.74) is 2.99. The molecule has 0 aromatic heterocycles. The molecule has 0 aliphatic carbocycles. The Kier molecular flexibility index (Phi) is 7.30. The molecule has 2 aromatic carbocycles. The van der Waals surface area contributed by atoms with Crippen LogP contribution < -0.4 is 14.8 Å². The van der Waals surface area contributed by atoms with Crippen LogP contribution in [-0.2, 0) is 17.8 Å². The van der Waals surface area contributed by atoms with Crippen LogP contribution in [0.25, 0.3) is 0 Å². The third-order valence-electron chi connectivity index (χ3n) is 4.05. The summed E-state index contributed by atoms with van der Waals surface area (Å²) in [4.78, 5) is 14.3. The number of halogens is 1. The Bertz CT molecular complexity index is 747. The smallest absolute Gasteiger partial charge is 0.238 e. The van der Waals surface area contributed by atoms with Gasteiger partial charge in [-0.3, -0.25) is 9.69 Å². The van der Waals surface area contributed by atoms with E-state index in [4.69, 9.17) is 21.1 Å². The summed E-state index contributed by atoms with van der Waals surface area (Å²) >= 11 is 6.14. The largest absolute Gasteiger partial charge is 0.495 e. The van der Waals surface area contributed by atoms with E-state index in [2.05, 4.69) is 36.5 Å². The van der Waals surface area contributed by atoms with E-state index in [1.165, 1.54) is 25.3 Å². The molecule has 0 unspecified atom stereocenters. The maximum atomic E-state index is 12.4. The van der Waals surface area contributed by atoms with Crippen LogP contribution in [0.5, 0.6) is 11.5 Å². The van der Waals surface area contributed by atoms with Crippen molar-refractivity contribution in [3.8, 4) is 11.5 Å². The number of nitrogens with one attached hydrogen (secondary N) is 1. The molecule has 0 aliphatic heterocycles. The summed E-state index contributed by atoms with van der Waals surface area (Å²) in [6, 6.07) is 11.7. The lowest BCUT2D eigenvalue weighted by Crippen LogP contribution is -2.30. The number of ether oxygens (including phenoxy) is 2. The second-order valence-electron chi connectivity index (χ2n) is 6.08. The SMILES string of the molecule is CCc1ccc(CN(C)CC(=O)Nc2cc(Cl)c(OC)cc2OC)cc1. The molecule has 0 fully saturated rings. The van der Waals surface area contributed by atoms with Crippen LogP contribution in [0.2, 0.25) is 5.02 Å².